The Kier molecular flexibility index (Phi) is 5.17. The van der Waals surface area contributed by atoms with Gasteiger partial charge in [0.25, 0.3) is 0 Å². The van der Waals surface area contributed by atoms with E-state index in [0.29, 0.717) is 18.1 Å². The molecule has 1 aliphatic heterocycles. The van der Waals surface area contributed by atoms with Crippen molar-refractivity contribution in [1.29, 1.82) is 0 Å². The first-order valence-electron chi connectivity index (χ1n) is 7.78. The Hall–Kier alpha value is -2.74. The second-order valence-electron chi connectivity index (χ2n) is 5.55. The topological polar surface area (TPSA) is 92.3 Å². The van der Waals surface area contributed by atoms with Gasteiger partial charge in [0.1, 0.15) is 18.0 Å². The normalized spacial score (nSPS) is 16.9. The summed E-state index contributed by atoms with van der Waals surface area (Å²) < 4.78 is 5.02. The van der Waals surface area contributed by atoms with Crippen molar-refractivity contribution >= 4 is 17.7 Å². The van der Waals surface area contributed by atoms with E-state index in [1.54, 1.807) is 19.4 Å². The Balaban J connectivity index is 1.51. The number of urea groups is 1. The van der Waals surface area contributed by atoms with Gasteiger partial charge in [-0.2, -0.15) is 0 Å². The summed E-state index contributed by atoms with van der Waals surface area (Å²) in [6.07, 6.45) is 4.06. The maximum Gasteiger partial charge on any atom is 0.320 e. The van der Waals surface area contributed by atoms with Crippen molar-refractivity contribution in [3.05, 3.63) is 42.5 Å². The smallest absolute Gasteiger partial charge is 0.320 e. The first-order valence-corrected chi connectivity index (χ1v) is 7.78. The van der Waals surface area contributed by atoms with Crippen LogP contribution in [0.3, 0.4) is 0 Å². The second kappa shape index (κ2) is 7.69. The van der Waals surface area contributed by atoms with Gasteiger partial charge in [-0.1, -0.05) is 6.07 Å². The van der Waals surface area contributed by atoms with Crippen LogP contribution in [-0.4, -0.2) is 47.2 Å². The van der Waals surface area contributed by atoms with E-state index in [-0.39, 0.29) is 12.1 Å². The zero-order valence-electron chi connectivity index (χ0n) is 13.5. The van der Waals surface area contributed by atoms with Gasteiger partial charge in [0.2, 0.25) is 0 Å². The average molecular weight is 328 g/mol. The van der Waals surface area contributed by atoms with Gasteiger partial charge in [0.15, 0.2) is 0 Å². The third kappa shape index (κ3) is 4.17. The summed E-state index contributed by atoms with van der Waals surface area (Å²) in [7, 11) is 1.59. The highest BCUT2D eigenvalue weighted by molar-refractivity contribution is 5.88. The number of amides is 2. The van der Waals surface area contributed by atoms with E-state index in [9.17, 15) is 4.79 Å². The molecule has 24 heavy (non-hydrogen) atoms. The lowest BCUT2D eigenvalue weighted by molar-refractivity contribution is 0.181. The molecule has 0 bridgehead atoms. The SMILES string of the molecule is COCc1cc(NC(=O)N[C@@H]2CCN(c3ccccn3)C2)ncn1. The molecule has 0 saturated carbocycles. The molecule has 1 aliphatic rings. The fourth-order valence-corrected chi connectivity index (χ4v) is 2.66. The van der Waals surface area contributed by atoms with Crippen LogP contribution in [0.1, 0.15) is 12.1 Å². The molecule has 126 valence electrons. The summed E-state index contributed by atoms with van der Waals surface area (Å²) in [4.78, 5) is 26.7. The van der Waals surface area contributed by atoms with Crippen LogP contribution in [0.4, 0.5) is 16.4 Å². The van der Waals surface area contributed by atoms with Gasteiger partial charge in [-0.25, -0.2) is 19.7 Å². The van der Waals surface area contributed by atoms with Crippen molar-refractivity contribution in [2.75, 3.05) is 30.4 Å². The lowest BCUT2D eigenvalue weighted by Gasteiger charge is -2.17. The quantitative estimate of drug-likeness (QED) is 0.862. The number of rotatable bonds is 5. The van der Waals surface area contributed by atoms with Crippen molar-refractivity contribution in [3.8, 4) is 0 Å². The number of pyridine rings is 1. The highest BCUT2D eigenvalue weighted by Crippen LogP contribution is 2.17. The zero-order valence-corrected chi connectivity index (χ0v) is 13.5. The lowest BCUT2D eigenvalue weighted by Crippen LogP contribution is -2.40. The molecule has 0 unspecified atom stereocenters. The van der Waals surface area contributed by atoms with E-state index >= 15 is 0 Å². The van der Waals surface area contributed by atoms with Crippen molar-refractivity contribution in [1.82, 2.24) is 20.3 Å². The molecular weight excluding hydrogens is 308 g/mol. The predicted octanol–water partition coefficient (Wildman–Crippen LogP) is 1.42. The number of hydrogen-bond donors (Lipinski definition) is 2. The standard InChI is InChI=1S/C16H20N6O2/c1-24-10-13-8-14(19-11-18-13)21-16(23)20-12-5-7-22(9-12)15-4-2-3-6-17-15/h2-4,6,8,11-12H,5,7,9-10H2,1H3,(H2,18,19,20,21,23)/t12-/m1/s1. The van der Waals surface area contributed by atoms with Gasteiger partial charge in [-0.3, -0.25) is 5.32 Å². The molecule has 3 rings (SSSR count). The zero-order chi connectivity index (χ0) is 16.8. The minimum Gasteiger partial charge on any atom is -0.378 e. The molecule has 1 fully saturated rings. The third-order valence-electron chi connectivity index (χ3n) is 3.75. The van der Waals surface area contributed by atoms with E-state index in [4.69, 9.17) is 4.74 Å². The van der Waals surface area contributed by atoms with Gasteiger partial charge in [0.05, 0.1) is 12.3 Å². The molecule has 8 heteroatoms. The number of carbonyl (C=O) groups excluding carboxylic acids is 1. The Morgan fingerprint density at radius 3 is 3.08 bits per heavy atom. The van der Waals surface area contributed by atoms with E-state index in [1.807, 2.05) is 18.2 Å². The molecule has 8 nitrogen and oxygen atoms in total. The maximum absolute atomic E-state index is 12.1. The van der Waals surface area contributed by atoms with Crippen LogP contribution in [0.25, 0.3) is 0 Å². The fourth-order valence-electron chi connectivity index (χ4n) is 2.66. The van der Waals surface area contributed by atoms with Crippen molar-refractivity contribution in [2.45, 2.75) is 19.1 Å². The molecular formula is C16H20N6O2. The van der Waals surface area contributed by atoms with E-state index in [0.717, 1.165) is 25.3 Å². The first kappa shape index (κ1) is 16.1. The van der Waals surface area contributed by atoms with Crippen LogP contribution in [-0.2, 0) is 11.3 Å². The number of nitrogens with zero attached hydrogens (tertiary/aromatic N) is 4. The summed E-state index contributed by atoms with van der Waals surface area (Å²) in [5.74, 6) is 1.39. The van der Waals surface area contributed by atoms with Crippen LogP contribution in [0, 0.1) is 0 Å². The van der Waals surface area contributed by atoms with Crippen LogP contribution in [0.2, 0.25) is 0 Å². The summed E-state index contributed by atoms with van der Waals surface area (Å²) in [5, 5.41) is 5.70. The minimum absolute atomic E-state index is 0.0762. The Bertz CT molecular complexity index is 681. The average Bonchev–Trinajstić information content (AvgIpc) is 3.04. The van der Waals surface area contributed by atoms with Gasteiger partial charge >= 0.3 is 6.03 Å². The molecule has 0 spiro atoms. The summed E-state index contributed by atoms with van der Waals surface area (Å²) in [6.45, 7) is 1.98. The van der Waals surface area contributed by atoms with Gasteiger partial charge < -0.3 is 15.0 Å². The van der Waals surface area contributed by atoms with Crippen LogP contribution in [0.5, 0.6) is 0 Å². The number of carbonyl (C=O) groups is 1. The van der Waals surface area contributed by atoms with Crippen molar-refractivity contribution < 1.29 is 9.53 Å². The third-order valence-corrected chi connectivity index (χ3v) is 3.75. The number of nitrogens with one attached hydrogen (secondary N) is 2. The highest BCUT2D eigenvalue weighted by atomic mass is 16.5. The molecule has 0 aliphatic carbocycles. The Morgan fingerprint density at radius 1 is 1.38 bits per heavy atom. The summed E-state index contributed by atoms with van der Waals surface area (Å²) in [5.41, 5.74) is 0.713. The highest BCUT2D eigenvalue weighted by Gasteiger charge is 2.24. The van der Waals surface area contributed by atoms with E-state index in [2.05, 4.69) is 30.5 Å². The molecule has 2 amide bonds. The molecule has 1 atom stereocenters. The molecule has 3 heterocycles. The molecule has 2 aromatic heterocycles. The molecule has 1 saturated heterocycles. The first-order chi connectivity index (χ1) is 11.7. The molecule has 0 radical (unpaired) electrons. The van der Waals surface area contributed by atoms with Crippen LogP contribution < -0.4 is 15.5 Å². The van der Waals surface area contributed by atoms with E-state index < -0.39 is 0 Å². The monoisotopic (exact) mass is 328 g/mol. The number of aromatic nitrogens is 3. The number of methoxy groups -OCH3 is 1. The minimum atomic E-state index is -0.273. The van der Waals surface area contributed by atoms with E-state index in [1.165, 1.54) is 6.33 Å². The Morgan fingerprint density at radius 2 is 2.29 bits per heavy atom. The number of anilines is 2. The summed E-state index contributed by atoms with van der Waals surface area (Å²) in [6, 6.07) is 7.32. The van der Waals surface area contributed by atoms with Gasteiger partial charge in [0, 0.05) is 38.5 Å². The maximum atomic E-state index is 12.1. The van der Waals surface area contributed by atoms with Crippen LogP contribution >= 0.6 is 0 Å². The largest absolute Gasteiger partial charge is 0.378 e. The van der Waals surface area contributed by atoms with Crippen molar-refractivity contribution in [2.24, 2.45) is 0 Å². The van der Waals surface area contributed by atoms with Gasteiger partial charge in [-0.05, 0) is 18.6 Å². The lowest BCUT2D eigenvalue weighted by atomic mass is 10.3. The Labute approximate surface area is 140 Å². The molecule has 2 N–H and O–H groups in total. The second-order valence-corrected chi connectivity index (χ2v) is 5.55. The molecule has 2 aromatic rings. The molecule has 0 aromatic carbocycles. The van der Waals surface area contributed by atoms with Crippen molar-refractivity contribution in [3.63, 3.8) is 0 Å². The van der Waals surface area contributed by atoms with Crippen LogP contribution in [0.15, 0.2) is 36.8 Å². The fraction of sp³-hybridized carbons (Fsp3) is 0.375. The number of hydrogen-bond acceptors (Lipinski definition) is 6. The number of ether oxygens (including phenoxy) is 1. The van der Waals surface area contributed by atoms with Gasteiger partial charge in [-0.15, -0.1) is 0 Å². The predicted molar refractivity (Wildman–Crippen MR) is 89.8 cm³/mol. The summed E-state index contributed by atoms with van der Waals surface area (Å²) >= 11 is 0.